The van der Waals surface area contributed by atoms with Gasteiger partial charge >= 0.3 is 0 Å². The molecule has 0 bridgehead atoms. The summed E-state index contributed by atoms with van der Waals surface area (Å²) in [6.07, 6.45) is 7.43. The zero-order valence-corrected chi connectivity index (χ0v) is 23.0. The van der Waals surface area contributed by atoms with Gasteiger partial charge in [0, 0.05) is 61.8 Å². The molecule has 2 aromatic carbocycles. The molecule has 1 atom stereocenters. The van der Waals surface area contributed by atoms with Crippen molar-refractivity contribution in [2.24, 2.45) is 0 Å². The molecule has 3 aliphatic heterocycles. The number of halogens is 2. The zero-order chi connectivity index (χ0) is 28.6. The molecule has 5 heterocycles. The highest BCUT2D eigenvalue weighted by molar-refractivity contribution is 5.94. The van der Waals surface area contributed by atoms with Crippen molar-refractivity contribution >= 4 is 28.6 Å². The third-order valence-corrected chi connectivity index (χ3v) is 8.14. The van der Waals surface area contributed by atoms with Crippen molar-refractivity contribution in [3.63, 3.8) is 0 Å². The van der Waals surface area contributed by atoms with Crippen LogP contribution in [0.3, 0.4) is 0 Å². The summed E-state index contributed by atoms with van der Waals surface area (Å²) in [6, 6.07) is 12.2. The lowest BCUT2D eigenvalue weighted by Crippen LogP contribution is -2.49. The highest BCUT2D eigenvalue weighted by Crippen LogP contribution is 2.28. The third kappa shape index (κ3) is 5.21. The quantitative estimate of drug-likeness (QED) is 0.354. The van der Waals surface area contributed by atoms with Crippen molar-refractivity contribution in [1.29, 1.82) is 0 Å². The summed E-state index contributed by atoms with van der Waals surface area (Å²) in [7, 11) is 0. The Hall–Kier alpha value is -4.35. The summed E-state index contributed by atoms with van der Waals surface area (Å²) < 4.78 is 37.2. The topological polar surface area (TPSA) is 87.5 Å². The van der Waals surface area contributed by atoms with E-state index in [1.54, 1.807) is 17.0 Å². The molecular weight excluding hydrogens is 540 g/mol. The Bertz CT molecular complexity index is 1640. The van der Waals surface area contributed by atoms with Crippen molar-refractivity contribution < 1.29 is 18.3 Å². The normalized spacial score (nSPS) is 19.4. The Morgan fingerprint density at radius 3 is 2.62 bits per heavy atom. The second-order valence-corrected chi connectivity index (χ2v) is 10.9. The monoisotopic (exact) mass is 571 g/mol. The van der Waals surface area contributed by atoms with Gasteiger partial charge < -0.3 is 24.8 Å². The van der Waals surface area contributed by atoms with Crippen LogP contribution in [-0.4, -0.2) is 69.6 Å². The van der Waals surface area contributed by atoms with Crippen LogP contribution in [0, 0.1) is 11.6 Å². The Balaban J connectivity index is 1.08. The predicted octanol–water partition coefficient (Wildman–Crippen LogP) is 4.43. The van der Waals surface area contributed by atoms with Crippen LogP contribution in [0.5, 0.6) is 0 Å². The summed E-state index contributed by atoms with van der Waals surface area (Å²) in [4.78, 5) is 25.8. The number of hydrogen-bond acceptors (Lipinski definition) is 7. The largest absolute Gasteiger partial charge is 0.379 e. The lowest BCUT2D eigenvalue weighted by atomic mass is 10.0. The van der Waals surface area contributed by atoms with Crippen molar-refractivity contribution in [1.82, 2.24) is 29.7 Å². The van der Waals surface area contributed by atoms with Crippen LogP contribution in [0.2, 0.25) is 0 Å². The first-order chi connectivity index (χ1) is 20.5. The number of aromatic nitrogens is 3. The lowest BCUT2D eigenvalue weighted by Gasteiger charge is -2.38. The minimum absolute atomic E-state index is 0.0237. The van der Waals surface area contributed by atoms with E-state index in [2.05, 4.69) is 25.5 Å². The van der Waals surface area contributed by atoms with E-state index in [0.717, 1.165) is 48.3 Å². The van der Waals surface area contributed by atoms with Gasteiger partial charge in [0.2, 0.25) is 5.95 Å². The molecule has 9 nitrogen and oxygen atoms in total. The molecule has 1 unspecified atom stereocenters. The number of allylic oxidation sites excluding steroid dienone is 1. The summed E-state index contributed by atoms with van der Waals surface area (Å²) in [5.41, 5.74) is 3.51. The van der Waals surface area contributed by atoms with Crippen LogP contribution >= 0.6 is 0 Å². The molecule has 216 valence electrons. The van der Waals surface area contributed by atoms with Crippen molar-refractivity contribution in [2.75, 3.05) is 44.7 Å². The molecule has 2 aromatic heterocycles. The van der Waals surface area contributed by atoms with Gasteiger partial charge in [0.05, 0.1) is 30.6 Å². The molecule has 2 saturated heterocycles. The molecular formula is C31H31F2N7O2. The van der Waals surface area contributed by atoms with E-state index in [-0.39, 0.29) is 24.1 Å². The minimum atomic E-state index is -0.590. The number of amides is 1. The fourth-order valence-electron chi connectivity index (χ4n) is 5.86. The number of fused-ring (bicyclic) bond motifs is 2. The summed E-state index contributed by atoms with van der Waals surface area (Å²) >= 11 is 0. The van der Waals surface area contributed by atoms with Gasteiger partial charge in [-0.05, 0) is 48.7 Å². The maximum absolute atomic E-state index is 15.1. The number of ether oxygens (including phenoxy) is 1. The van der Waals surface area contributed by atoms with Gasteiger partial charge in [0.15, 0.2) is 0 Å². The van der Waals surface area contributed by atoms with Crippen molar-refractivity contribution in [2.45, 2.75) is 25.4 Å². The summed E-state index contributed by atoms with van der Waals surface area (Å²) in [6.45, 7) is 4.26. The number of piperazine rings is 1. The van der Waals surface area contributed by atoms with Crippen LogP contribution in [0.1, 0.15) is 30.0 Å². The maximum atomic E-state index is 15.1. The molecule has 0 saturated carbocycles. The molecule has 1 amide bonds. The van der Waals surface area contributed by atoms with Gasteiger partial charge in [-0.25, -0.2) is 13.8 Å². The number of carbonyl (C=O) groups excluding carboxylic acids is 1. The number of anilines is 2. The van der Waals surface area contributed by atoms with E-state index < -0.39 is 11.6 Å². The lowest BCUT2D eigenvalue weighted by molar-refractivity contribution is -0.121. The SMILES string of the molecule is O=C1NC(c2ccc(Nc3ncc4ccn(-c5cc(F)c(CN6CCOCC6)c(F)c5)c4n3)cc2)CN2CCCC=C12. The summed E-state index contributed by atoms with van der Waals surface area (Å²) in [5, 5.41) is 7.08. The van der Waals surface area contributed by atoms with Crippen LogP contribution < -0.4 is 10.6 Å². The van der Waals surface area contributed by atoms with Crippen LogP contribution in [-0.2, 0) is 16.1 Å². The average Bonchev–Trinajstić information content (AvgIpc) is 3.43. The Labute approximate surface area is 241 Å². The van der Waals surface area contributed by atoms with Gasteiger partial charge in [-0.15, -0.1) is 0 Å². The number of carbonyl (C=O) groups is 1. The molecule has 4 aromatic rings. The average molecular weight is 572 g/mol. The molecule has 42 heavy (non-hydrogen) atoms. The van der Waals surface area contributed by atoms with Gasteiger partial charge in [-0.3, -0.25) is 9.69 Å². The van der Waals surface area contributed by atoms with E-state index in [0.29, 0.717) is 43.6 Å². The number of nitrogens with zero attached hydrogens (tertiary/aromatic N) is 5. The smallest absolute Gasteiger partial charge is 0.267 e. The van der Waals surface area contributed by atoms with E-state index in [4.69, 9.17) is 4.74 Å². The second kappa shape index (κ2) is 11.1. The molecule has 2 fully saturated rings. The van der Waals surface area contributed by atoms with Crippen LogP contribution in [0.15, 0.2) is 66.6 Å². The van der Waals surface area contributed by atoms with Gasteiger partial charge in [0.1, 0.15) is 17.3 Å². The van der Waals surface area contributed by atoms with Crippen molar-refractivity contribution in [3.05, 3.63) is 89.4 Å². The molecule has 2 N–H and O–H groups in total. The van der Waals surface area contributed by atoms with Gasteiger partial charge in [-0.2, -0.15) is 4.98 Å². The fourth-order valence-corrected chi connectivity index (χ4v) is 5.86. The van der Waals surface area contributed by atoms with Crippen molar-refractivity contribution in [3.8, 4) is 5.69 Å². The second-order valence-electron chi connectivity index (χ2n) is 10.9. The van der Waals surface area contributed by atoms with Crippen LogP contribution in [0.25, 0.3) is 16.7 Å². The van der Waals surface area contributed by atoms with Crippen LogP contribution in [0.4, 0.5) is 20.4 Å². The predicted molar refractivity (Wildman–Crippen MR) is 154 cm³/mol. The highest BCUT2D eigenvalue weighted by atomic mass is 19.1. The standard InChI is InChI=1S/C31H31F2N7O2/c32-25-15-23(16-26(33)24(25)18-38-11-13-42-14-12-38)40-10-8-21-17-34-31(37-29(21)40)35-22-6-4-20(5-7-22)27-19-39-9-2-1-3-28(39)30(41)36-27/h3-8,10,15-17,27H,1-2,9,11-14,18-19H2,(H,36,41)(H,34,35,37). The zero-order valence-electron chi connectivity index (χ0n) is 23.0. The molecule has 0 radical (unpaired) electrons. The number of nitrogens with one attached hydrogen (secondary N) is 2. The van der Waals surface area contributed by atoms with Gasteiger partial charge in [-0.1, -0.05) is 18.2 Å². The minimum Gasteiger partial charge on any atom is -0.379 e. The first-order valence-electron chi connectivity index (χ1n) is 14.3. The molecule has 7 rings (SSSR count). The van der Waals surface area contributed by atoms with E-state index in [1.807, 2.05) is 41.3 Å². The Morgan fingerprint density at radius 1 is 1.05 bits per heavy atom. The third-order valence-electron chi connectivity index (χ3n) is 8.14. The number of benzene rings is 2. The molecule has 3 aliphatic rings. The first kappa shape index (κ1) is 26.5. The maximum Gasteiger partial charge on any atom is 0.267 e. The summed E-state index contributed by atoms with van der Waals surface area (Å²) in [5.74, 6) is -0.849. The molecule has 0 spiro atoms. The Kier molecular flexibility index (Phi) is 7.04. The van der Waals surface area contributed by atoms with Gasteiger partial charge in [0.25, 0.3) is 5.91 Å². The number of hydrogen-bond donors (Lipinski definition) is 2. The molecule has 0 aliphatic carbocycles. The van der Waals surface area contributed by atoms with E-state index in [1.165, 1.54) is 12.1 Å². The van der Waals surface area contributed by atoms with E-state index >= 15 is 8.78 Å². The highest BCUT2D eigenvalue weighted by Gasteiger charge is 2.30. The first-order valence-corrected chi connectivity index (χ1v) is 14.3. The van der Waals surface area contributed by atoms with E-state index in [9.17, 15) is 4.79 Å². The Morgan fingerprint density at radius 2 is 1.83 bits per heavy atom. The number of morpholine rings is 1. The fraction of sp³-hybridized carbons (Fsp3) is 0.323. The number of rotatable bonds is 6. The molecule has 11 heteroatoms.